The van der Waals surface area contributed by atoms with Crippen molar-refractivity contribution >= 4 is 64.2 Å². The van der Waals surface area contributed by atoms with Crippen LogP contribution in [0.4, 0.5) is 9.93 Å². The number of fused-ring (bicyclic) bond motifs is 1. The predicted octanol–water partition coefficient (Wildman–Crippen LogP) is 0.325. The first-order valence-electron chi connectivity index (χ1n) is 10.5. The number of ether oxygens (including phenoxy) is 1. The molecule has 2 aliphatic heterocycles. The largest absolute Gasteiger partial charge is 0.477 e. The van der Waals surface area contributed by atoms with Crippen LogP contribution >= 0.6 is 23.1 Å². The summed E-state index contributed by atoms with van der Waals surface area (Å²) in [5, 5.41) is 21.6. The number of amides is 4. The highest BCUT2D eigenvalue weighted by atomic mass is 32.2. The van der Waals surface area contributed by atoms with E-state index in [2.05, 4.69) is 26.1 Å². The molecule has 0 saturated carbocycles. The van der Waals surface area contributed by atoms with Crippen molar-refractivity contribution in [3.05, 3.63) is 22.8 Å². The van der Waals surface area contributed by atoms with Crippen molar-refractivity contribution in [1.82, 2.24) is 20.5 Å². The summed E-state index contributed by atoms with van der Waals surface area (Å²) < 4.78 is 5.11. The number of anilines is 1. The van der Waals surface area contributed by atoms with Gasteiger partial charge in [-0.25, -0.2) is 14.6 Å². The lowest BCUT2D eigenvalue weighted by Crippen LogP contribution is -2.70. The molecular formula is C20H24N6O8S2. The molecule has 3 rings (SSSR count). The van der Waals surface area contributed by atoms with Crippen LogP contribution in [0.3, 0.4) is 0 Å². The standard InChI is InChI=1S/C20H24N6O8S2/c1-20(2,3)34-19(32)21-5-6-33-25-12(10-8-36-18(23-10)22-9-27)14(28)24-13-15(29)26-11(17(30)31)4-7-35-16(13)26/h4,8-9,13,16H,5-7H2,1-3H3,(H,21,32)(H,24,28)(H,30,31)(H,22,23,27)/b25-12+/t13?,16-/m1/s1. The fourth-order valence-corrected chi connectivity index (χ4v) is 4.92. The summed E-state index contributed by atoms with van der Waals surface area (Å²) in [5.74, 6) is -2.23. The zero-order chi connectivity index (χ0) is 26.5. The lowest BCUT2D eigenvalue weighted by atomic mass is 10.0. The molecule has 4 N–H and O–H groups in total. The molecule has 4 amide bonds. The number of hydrogen-bond donors (Lipinski definition) is 4. The van der Waals surface area contributed by atoms with E-state index in [9.17, 15) is 29.1 Å². The van der Waals surface area contributed by atoms with E-state index in [1.807, 2.05) is 0 Å². The van der Waals surface area contributed by atoms with Gasteiger partial charge in [0.15, 0.2) is 10.8 Å². The molecule has 194 valence electrons. The number of aliphatic carboxylic acids is 1. The number of nitrogens with zero attached hydrogens (tertiary/aromatic N) is 3. The Morgan fingerprint density at radius 3 is 2.78 bits per heavy atom. The molecule has 0 radical (unpaired) electrons. The zero-order valence-corrected chi connectivity index (χ0v) is 21.1. The molecule has 1 fully saturated rings. The van der Waals surface area contributed by atoms with Crippen LogP contribution in [0, 0.1) is 0 Å². The Morgan fingerprint density at radius 1 is 1.36 bits per heavy atom. The monoisotopic (exact) mass is 540 g/mol. The SMILES string of the molecule is CC(C)(C)OC(=O)NCCO/N=C(/C(=O)NC1C(=O)N2C(C(=O)O)=CCS[C@H]12)c1csc(NC=O)n1. The zero-order valence-electron chi connectivity index (χ0n) is 19.5. The van der Waals surface area contributed by atoms with Gasteiger partial charge in [-0.3, -0.25) is 19.3 Å². The van der Waals surface area contributed by atoms with E-state index in [-0.39, 0.29) is 35.4 Å². The minimum absolute atomic E-state index is 0.0292. The first kappa shape index (κ1) is 26.9. The molecule has 0 bridgehead atoms. The summed E-state index contributed by atoms with van der Waals surface area (Å²) in [6.45, 7) is 5.08. The third kappa shape index (κ3) is 6.51. The quantitative estimate of drug-likeness (QED) is 0.106. The lowest BCUT2D eigenvalue weighted by molar-refractivity contribution is -0.150. The number of hydrogen-bond acceptors (Lipinski definition) is 11. The van der Waals surface area contributed by atoms with E-state index in [1.54, 1.807) is 20.8 Å². The van der Waals surface area contributed by atoms with Crippen LogP contribution in [0.5, 0.6) is 0 Å². The molecule has 16 heteroatoms. The maximum atomic E-state index is 13.0. The van der Waals surface area contributed by atoms with Gasteiger partial charge in [0.25, 0.3) is 11.8 Å². The molecule has 0 spiro atoms. The first-order chi connectivity index (χ1) is 17.0. The fraction of sp³-hybridized carbons (Fsp3) is 0.450. The van der Waals surface area contributed by atoms with Crippen molar-refractivity contribution in [2.75, 3.05) is 24.2 Å². The molecule has 1 saturated heterocycles. The lowest BCUT2D eigenvalue weighted by Gasteiger charge is -2.48. The minimum Gasteiger partial charge on any atom is -0.477 e. The molecular weight excluding hydrogens is 516 g/mol. The normalized spacial score (nSPS) is 19.3. The molecule has 0 aliphatic carbocycles. The average molecular weight is 541 g/mol. The van der Waals surface area contributed by atoms with Gasteiger partial charge in [-0.2, -0.15) is 0 Å². The Labute approximate surface area is 213 Å². The van der Waals surface area contributed by atoms with Crippen LogP contribution in [0.25, 0.3) is 0 Å². The Hall–Kier alpha value is -3.66. The van der Waals surface area contributed by atoms with E-state index < -0.39 is 40.9 Å². The maximum absolute atomic E-state index is 13.0. The molecule has 36 heavy (non-hydrogen) atoms. The Kier molecular flexibility index (Phi) is 8.52. The number of alkyl carbamates (subject to hydrolysis) is 1. The fourth-order valence-electron chi connectivity index (χ4n) is 3.07. The molecule has 1 aromatic rings. The van der Waals surface area contributed by atoms with Crippen LogP contribution in [0.2, 0.25) is 0 Å². The van der Waals surface area contributed by atoms with Gasteiger partial charge in [-0.1, -0.05) is 5.16 Å². The smallest absolute Gasteiger partial charge is 0.407 e. The second-order valence-electron chi connectivity index (χ2n) is 8.28. The molecule has 0 aromatic carbocycles. The minimum atomic E-state index is -1.23. The molecule has 3 heterocycles. The number of oxime groups is 1. The number of thiazole rings is 1. The van der Waals surface area contributed by atoms with Gasteiger partial charge < -0.3 is 30.6 Å². The number of thioether (sulfide) groups is 1. The third-order valence-electron chi connectivity index (χ3n) is 4.51. The van der Waals surface area contributed by atoms with E-state index in [1.165, 1.54) is 23.2 Å². The number of nitrogens with one attached hydrogen (secondary N) is 3. The van der Waals surface area contributed by atoms with Gasteiger partial charge >= 0.3 is 12.1 Å². The summed E-state index contributed by atoms with van der Waals surface area (Å²) in [6, 6.07) is -0.976. The number of carboxylic acid groups (broad SMARTS) is 1. The summed E-state index contributed by atoms with van der Waals surface area (Å²) >= 11 is 2.34. The number of aromatic nitrogens is 1. The van der Waals surface area contributed by atoms with Gasteiger partial charge in [-0.15, -0.1) is 23.1 Å². The van der Waals surface area contributed by atoms with Crippen molar-refractivity contribution in [3.63, 3.8) is 0 Å². The molecule has 14 nitrogen and oxygen atoms in total. The van der Waals surface area contributed by atoms with Gasteiger partial charge in [0, 0.05) is 11.1 Å². The Balaban J connectivity index is 1.66. The van der Waals surface area contributed by atoms with Gasteiger partial charge in [0.1, 0.15) is 35.0 Å². The summed E-state index contributed by atoms with van der Waals surface area (Å²) in [7, 11) is 0. The average Bonchev–Trinajstić information content (AvgIpc) is 3.26. The molecule has 1 unspecified atom stereocenters. The molecule has 2 aliphatic rings. The highest BCUT2D eigenvalue weighted by molar-refractivity contribution is 8.00. The van der Waals surface area contributed by atoms with Crippen LogP contribution in [0.15, 0.2) is 22.3 Å². The van der Waals surface area contributed by atoms with Crippen molar-refractivity contribution in [1.29, 1.82) is 0 Å². The number of β-lactam (4-membered cyclic amide) rings is 1. The maximum Gasteiger partial charge on any atom is 0.407 e. The van der Waals surface area contributed by atoms with E-state index in [0.29, 0.717) is 12.2 Å². The topological polar surface area (TPSA) is 189 Å². The van der Waals surface area contributed by atoms with Crippen molar-refractivity contribution in [2.24, 2.45) is 5.16 Å². The van der Waals surface area contributed by atoms with Crippen LogP contribution in [-0.2, 0) is 28.8 Å². The van der Waals surface area contributed by atoms with Crippen LogP contribution < -0.4 is 16.0 Å². The Bertz CT molecular complexity index is 1110. The summed E-state index contributed by atoms with van der Waals surface area (Å²) in [6.07, 6.45) is 1.21. The number of carbonyl (C=O) groups excluding carboxylic acids is 4. The van der Waals surface area contributed by atoms with Crippen molar-refractivity contribution in [3.8, 4) is 0 Å². The second-order valence-corrected chi connectivity index (χ2v) is 10.3. The van der Waals surface area contributed by atoms with Gasteiger partial charge in [0.05, 0.1) is 6.54 Å². The number of rotatable bonds is 10. The van der Waals surface area contributed by atoms with E-state index >= 15 is 0 Å². The van der Waals surface area contributed by atoms with Crippen LogP contribution in [-0.4, -0.2) is 86.9 Å². The van der Waals surface area contributed by atoms with Gasteiger partial charge in [-0.05, 0) is 26.8 Å². The number of carboxylic acids is 1. The van der Waals surface area contributed by atoms with Gasteiger partial charge in [0.2, 0.25) is 6.41 Å². The van der Waals surface area contributed by atoms with Crippen molar-refractivity contribution in [2.45, 2.75) is 37.8 Å². The summed E-state index contributed by atoms with van der Waals surface area (Å²) in [4.78, 5) is 69.8. The highest BCUT2D eigenvalue weighted by Gasteiger charge is 2.53. The van der Waals surface area contributed by atoms with Crippen molar-refractivity contribution < 1.29 is 38.7 Å². The first-order valence-corrected chi connectivity index (χ1v) is 12.5. The molecule has 2 atom stereocenters. The summed E-state index contributed by atoms with van der Waals surface area (Å²) in [5.41, 5.74) is -0.997. The predicted molar refractivity (Wildman–Crippen MR) is 129 cm³/mol. The number of carbonyl (C=O) groups is 5. The van der Waals surface area contributed by atoms with Crippen LogP contribution in [0.1, 0.15) is 26.5 Å². The Morgan fingerprint density at radius 2 is 2.11 bits per heavy atom. The second kappa shape index (κ2) is 11.4. The molecule has 1 aromatic heterocycles. The highest BCUT2D eigenvalue weighted by Crippen LogP contribution is 2.37. The third-order valence-corrected chi connectivity index (χ3v) is 6.47. The van der Waals surface area contributed by atoms with E-state index in [0.717, 1.165) is 16.2 Å². The van der Waals surface area contributed by atoms with E-state index in [4.69, 9.17) is 9.57 Å².